The van der Waals surface area contributed by atoms with Crippen LogP contribution in [0.25, 0.3) is 0 Å². The van der Waals surface area contributed by atoms with Crippen molar-refractivity contribution < 1.29 is 12.9 Å². The summed E-state index contributed by atoms with van der Waals surface area (Å²) >= 11 is 5.86. The van der Waals surface area contributed by atoms with Gasteiger partial charge >= 0.3 is 0 Å². The molecular weight excluding hydrogens is 312 g/mol. The molecule has 0 bridgehead atoms. The Kier molecular flexibility index (Phi) is 4.70. The lowest BCUT2D eigenvalue weighted by Crippen LogP contribution is -2.29. The molecule has 0 radical (unpaired) electrons. The number of nitrogens with zero attached hydrogens (tertiary/aromatic N) is 1. The molecule has 1 aromatic heterocycles. The molecule has 1 heterocycles. The van der Waals surface area contributed by atoms with Crippen LogP contribution in [0.1, 0.15) is 36.4 Å². The molecule has 21 heavy (non-hydrogen) atoms. The molecule has 0 aliphatic rings. The fourth-order valence-corrected chi connectivity index (χ4v) is 3.95. The summed E-state index contributed by atoms with van der Waals surface area (Å²) in [5.41, 5.74) is 1.21. The smallest absolute Gasteiger partial charge is 0.246 e. The Morgan fingerprint density at radius 2 is 1.90 bits per heavy atom. The topological polar surface area (TPSA) is 72.2 Å². The van der Waals surface area contributed by atoms with Gasteiger partial charge in [-0.2, -0.15) is 0 Å². The van der Waals surface area contributed by atoms with Crippen LogP contribution in [0.4, 0.5) is 0 Å². The number of rotatable bonds is 5. The lowest BCUT2D eigenvalue weighted by Gasteiger charge is -2.17. The molecule has 1 N–H and O–H groups in total. The second-order valence-electron chi connectivity index (χ2n) is 4.79. The van der Waals surface area contributed by atoms with Crippen LogP contribution < -0.4 is 4.72 Å². The molecule has 0 amide bonds. The highest BCUT2D eigenvalue weighted by atomic mass is 35.5. The molecule has 0 aliphatic heterocycles. The Balaban J connectivity index is 2.32. The fourth-order valence-electron chi connectivity index (χ4n) is 2.19. The van der Waals surface area contributed by atoms with Crippen LogP contribution in [0.2, 0.25) is 5.02 Å². The number of halogens is 1. The van der Waals surface area contributed by atoms with Gasteiger partial charge < -0.3 is 4.52 Å². The summed E-state index contributed by atoms with van der Waals surface area (Å²) in [6.07, 6.45) is 0.615. The third-order valence-electron chi connectivity index (χ3n) is 3.21. The molecule has 114 valence electrons. The van der Waals surface area contributed by atoms with Gasteiger partial charge in [0.25, 0.3) is 0 Å². The molecule has 1 aromatic carbocycles. The van der Waals surface area contributed by atoms with Gasteiger partial charge in [-0.05, 0) is 38.0 Å². The zero-order valence-corrected chi connectivity index (χ0v) is 13.6. The van der Waals surface area contributed by atoms with Gasteiger partial charge in [0.2, 0.25) is 10.0 Å². The van der Waals surface area contributed by atoms with E-state index in [1.54, 1.807) is 26.0 Å². The molecule has 0 fully saturated rings. The van der Waals surface area contributed by atoms with Crippen molar-refractivity contribution in [2.24, 2.45) is 0 Å². The number of aryl methyl sites for hydroxylation is 2. The highest BCUT2D eigenvalue weighted by molar-refractivity contribution is 7.89. The molecule has 5 nitrogen and oxygen atoms in total. The van der Waals surface area contributed by atoms with Gasteiger partial charge in [0.15, 0.2) is 5.76 Å². The molecule has 0 aliphatic carbocycles. The van der Waals surface area contributed by atoms with Crippen LogP contribution in [-0.2, 0) is 10.0 Å². The zero-order valence-electron chi connectivity index (χ0n) is 12.1. The third-order valence-corrected chi connectivity index (χ3v) is 5.18. The van der Waals surface area contributed by atoms with Crippen LogP contribution in [0.5, 0.6) is 0 Å². The molecule has 7 heteroatoms. The fraction of sp³-hybridized carbons (Fsp3) is 0.357. The second kappa shape index (κ2) is 6.17. The van der Waals surface area contributed by atoms with E-state index in [-0.39, 0.29) is 16.7 Å². The maximum Gasteiger partial charge on any atom is 0.246 e. The predicted octanol–water partition coefficient (Wildman–Crippen LogP) is 3.37. The van der Waals surface area contributed by atoms with Gasteiger partial charge in [0, 0.05) is 11.1 Å². The minimum absolute atomic E-state index is 0.106. The molecule has 0 saturated carbocycles. The highest BCUT2D eigenvalue weighted by Gasteiger charge is 2.27. The number of nitrogens with one attached hydrogen (secondary N) is 1. The van der Waals surface area contributed by atoms with Crippen LogP contribution in [0.3, 0.4) is 0 Å². The van der Waals surface area contributed by atoms with E-state index in [4.69, 9.17) is 16.1 Å². The van der Waals surface area contributed by atoms with Crippen molar-refractivity contribution in [1.82, 2.24) is 9.88 Å². The monoisotopic (exact) mass is 328 g/mol. The number of hydrogen-bond donors (Lipinski definition) is 1. The lowest BCUT2D eigenvalue weighted by molar-refractivity contribution is 0.390. The summed E-state index contributed by atoms with van der Waals surface area (Å²) in [5.74, 6) is 0.283. The summed E-state index contributed by atoms with van der Waals surface area (Å²) in [6.45, 7) is 5.10. The Hall–Kier alpha value is -1.37. The Morgan fingerprint density at radius 1 is 1.29 bits per heavy atom. The maximum atomic E-state index is 12.5. The van der Waals surface area contributed by atoms with Crippen molar-refractivity contribution in [3.63, 3.8) is 0 Å². The van der Waals surface area contributed by atoms with E-state index in [2.05, 4.69) is 9.88 Å². The molecule has 0 spiro atoms. The first-order valence-corrected chi connectivity index (χ1v) is 8.42. The molecule has 2 rings (SSSR count). The first-order valence-electron chi connectivity index (χ1n) is 6.55. The summed E-state index contributed by atoms with van der Waals surface area (Å²) in [7, 11) is -3.69. The minimum Gasteiger partial charge on any atom is -0.360 e. The third kappa shape index (κ3) is 3.45. The van der Waals surface area contributed by atoms with E-state index in [0.29, 0.717) is 17.1 Å². The van der Waals surface area contributed by atoms with E-state index in [0.717, 1.165) is 5.56 Å². The molecule has 1 unspecified atom stereocenters. The van der Waals surface area contributed by atoms with Gasteiger partial charge in [0.1, 0.15) is 10.6 Å². The van der Waals surface area contributed by atoms with Crippen molar-refractivity contribution >= 4 is 21.6 Å². The maximum absolute atomic E-state index is 12.5. The predicted molar refractivity (Wildman–Crippen MR) is 80.8 cm³/mol. The summed E-state index contributed by atoms with van der Waals surface area (Å²) < 4.78 is 32.6. The van der Waals surface area contributed by atoms with Gasteiger partial charge in [-0.1, -0.05) is 35.8 Å². The van der Waals surface area contributed by atoms with Crippen molar-refractivity contribution in [3.8, 4) is 0 Å². The van der Waals surface area contributed by atoms with E-state index in [1.165, 1.54) is 0 Å². The van der Waals surface area contributed by atoms with E-state index < -0.39 is 10.0 Å². The first-order chi connectivity index (χ1) is 9.85. The van der Waals surface area contributed by atoms with Crippen molar-refractivity contribution in [2.75, 3.05) is 0 Å². The standard InChI is InChI=1S/C14H17ClN2O3S/c1-4-13(11-5-7-12(15)8-6-11)17-21(18,19)14-9(2)16-20-10(14)3/h5-8,13,17H,4H2,1-3H3. The zero-order chi connectivity index (χ0) is 15.6. The molecule has 1 atom stereocenters. The summed E-state index contributed by atoms with van der Waals surface area (Å²) in [4.78, 5) is 0.106. The van der Waals surface area contributed by atoms with Crippen molar-refractivity contribution in [1.29, 1.82) is 0 Å². The summed E-state index contributed by atoms with van der Waals surface area (Å²) in [6, 6.07) is 6.77. The molecule has 2 aromatic rings. The minimum atomic E-state index is -3.69. The normalized spacial score (nSPS) is 13.3. The average Bonchev–Trinajstić information content (AvgIpc) is 2.77. The van der Waals surface area contributed by atoms with E-state index in [1.807, 2.05) is 19.1 Å². The van der Waals surface area contributed by atoms with Crippen LogP contribution in [0, 0.1) is 13.8 Å². The number of aromatic nitrogens is 1. The highest BCUT2D eigenvalue weighted by Crippen LogP contribution is 2.24. The van der Waals surface area contributed by atoms with Gasteiger partial charge in [-0.15, -0.1) is 0 Å². The Bertz CT molecular complexity index is 704. The summed E-state index contributed by atoms with van der Waals surface area (Å²) in [5, 5.41) is 4.30. The second-order valence-corrected chi connectivity index (χ2v) is 6.87. The van der Waals surface area contributed by atoms with Crippen LogP contribution >= 0.6 is 11.6 Å². The van der Waals surface area contributed by atoms with Gasteiger partial charge in [0.05, 0.1) is 0 Å². The number of benzene rings is 1. The van der Waals surface area contributed by atoms with E-state index >= 15 is 0 Å². The quantitative estimate of drug-likeness (QED) is 0.913. The van der Waals surface area contributed by atoms with Gasteiger partial charge in [-0.3, -0.25) is 0 Å². The number of sulfonamides is 1. The molecule has 0 saturated heterocycles. The first kappa shape index (κ1) is 16.0. The largest absolute Gasteiger partial charge is 0.360 e. The molecular formula is C14H17ClN2O3S. The van der Waals surface area contributed by atoms with Gasteiger partial charge in [-0.25, -0.2) is 13.1 Å². The van der Waals surface area contributed by atoms with Crippen molar-refractivity contribution in [3.05, 3.63) is 46.3 Å². The Morgan fingerprint density at radius 3 is 2.38 bits per heavy atom. The van der Waals surface area contributed by atoms with E-state index in [9.17, 15) is 8.42 Å². The average molecular weight is 329 g/mol. The number of hydrogen-bond acceptors (Lipinski definition) is 4. The van der Waals surface area contributed by atoms with Crippen molar-refractivity contribution in [2.45, 2.75) is 38.1 Å². The van der Waals surface area contributed by atoms with Crippen LogP contribution in [-0.4, -0.2) is 13.6 Å². The van der Waals surface area contributed by atoms with Crippen LogP contribution in [0.15, 0.2) is 33.7 Å². The SMILES string of the molecule is CCC(NS(=O)(=O)c1c(C)noc1C)c1ccc(Cl)cc1. The lowest BCUT2D eigenvalue weighted by atomic mass is 10.1. The Labute approximate surface area is 129 Å².